The first-order chi connectivity index (χ1) is 12.2. The average molecular weight is 334 g/mol. The SMILES string of the molecule is O=C(Nc1cccc(F)c1)c1cnc(N2CCc3ccccc32)cn1. The summed E-state index contributed by atoms with van der Waals surface area (Å²) in [7, 11) is 0. The van der Waals surface area contributed by atoms with Gasteiger partial charge in [-0.1, -0.05) is 24.3 Å². The van der Waals surface area contributed by atoms with E-state index in [-0.39, 0.29) is 5.69 Å². The van der Waals surface area contributed by atoms with Gasteiger partial charge in [0.05, 0.1) is 12.4 Å². The lowest BCUT2D eigenvalue weighted by atomic mass is 10.2. The normalized spacial score (nSPS) is 12.8. The van der Waals surface area contributed by atoms with Gasteiger partial charge in [0.25, 0.3) is 5.91 Å². The van der Waals surface area contributed by atoms with Gasteiger partial charge in [-0.15, -0.1) is 0 Å². The topological polar surface area (TPSA) is 58.1 Å². The molecule has 0 unspecified atom stereocenters. The zero-order chi connectivity index (χ0) is 17.2. The molecule has 3 aromatic rings. The molecule has 0 bridgehead atoms. The number of amides is 1. The molecular formula is C19H15FN4O. The minimum atomic E-state index is -0.425. The summed E-state index contributed by atoms with van der Waals surface area (Å²) in [5.74, 6) is -0.134. The van der Waals surface area contributed by atoms with Crippen molar-refractivity contribution < 1.29 is 9.18 Å². The van der Waals surface area contributed by atoms with Gasteiger partial charge in [0, 0.05) is 17.9 Å². The molecule has 6 heteroatoms. The van der Waals surface area contributed by atoms with Gasteiger partial charge in [0.15, 0.2) is 5.82 Å². The van der Waals surface area contributed by atoms with E-state index in [4.69, 9.17) is 0 Å². The Morgan fingerprint density at radius 2 is 1.96 bits per heavy atom. The molecule has 2 aromatic carbocycles. The lowest BCUT2D eigenvalue weighted by Gasteiger charge is -2.17. The van der Waals surface area contributed by atoms with Crippen LogP contribution >= 0.6 is 0 Å². The minimum Gasteiger partial charge on any atom is -0.325 e. The van der Waals surface area contributed by atoms with Crippen LogP contribution in [0.4, 0.5) is 21.6 Å². The van der Waals surface area contributed by atoms with Crippen LogP contribution in [0.2, 0.25) is 0 Å². The van der Waals surface area contributed by atoms with Crippen LogP contribution in [0.3, 0.4) is 0 Å². The largest absolute Gasteiger partial charge is 0.325 e. The number of halogens is 1. The third-order valence-corrected chi connectivity index (χ3v) is 4.12. The van der Waals surface area contributed by atoms with Gasteiger partial charge in [0.1, 0.15) is 11.5 Å². The lowest BCUT2D eigenvalue weighted by Crippen LogP contribution is -2.18. The number of fused-ring (bicyclic) bond motifs is 1. The highest BCUT2D eigenvalue weighted by Crippen LogP contribution is 2.32. The number of rotatable bonds is 3. The summed E-state index contributed by atoms with van der Waals surface area (Å²) in [6.45, 7) is 0.836. The van der Waals surface area contributed by atoms with E-state index in [0.717, 1.165) is 18.7 Å². The molecule has 0 saturated heterocycles. The zero-order valence-corrected chi connectivity index (χ0v) is 13.3. The maximum atomic E-state index is 13.2. The second-order valence-corrected chi connectivity index (χ2v) is 5.75. The summed E-state index contributed by atoms with van der Waals surface area (Å²) < 4.78 is 13.2. The molecule has 0 atom stereocenters. The molecule has 0 saturated carbocycles. The van der Waals surface area contributed by atoms with E-state index in [1.54, 1.807) is 12.3 Å². The summed E-state index contributed by atoms with van der Waals surface area (Å²) in [6.07, 6.45) is 3.98. The number of carbonyl (C=O) groups excluding carboxylic acids is 1. The molecule has 5 nitrogen and oxygen atoms in total. The molecule has 0 spiro atoms. The van der Waals surface area contributed by atoms with Crippen LogP contribution in [0.15, 0.2) is 60.9 Å². The van der Waals surface area contributed by atoms with E-state index < -0.39 is 11.7 Å². The second-order valence-electron chi connectivity index (χ2n) is 5.75. The minimum absolute atomic E-state index is 0.181. The quantitative estimate of drug-likeness (QED) is 0.796. The monoisotopic (exact) mass is 334 g/mol. The van der Waals surface area contributed by atoms with Crippen molar-refractivity contribution in [2.45, 2.75) is 6.42 Å². The second kappa shape index (κ2) is 6.32. The zero-order valence-electron chi connectivity index (χ0n) is 13.3. The van der Waals surface area contributed by atoms with Crippen LogP contribution in [0.5, 0.6) is 0 Å². The molecule has 2 heterocycles. The summed E-state index contributed by atoms with van der Waals surface area (Å²) in [4.78, 5) is 22.9. The predicted octanol–water partition coefficient (Wildman–Crippen LogP) is 3.56. The van der Waals surface area contributed by atoms with Crippen molar-refractivity contribution in [3.8, 4) is 0 Å². The van der Waals surface area contributed by atoms with Crippen LogP contribution in [-0.4, -0.2) is 22.4 Å². The summed E-state index contributed by atoms with van der Waals surface area (Å²) >= 11 is 0. The lowest BCUT2D eigenvalue weighted by molar-refractivity contribution is 0.102. The Kier molecular flexibility index (Phi) is 3.85. The van der Waals surface area contributed by atoms with Gasteiger partial charge < -0.3 is 10.2 Å². The molecule has 124 valence electrons. The molecule has 1 amide bonds. The first-order valence-corrected chi connectivity index (χ1v) is 7.95. The molecule has 1 aliphatic rings. The Hall–Kier alpha value is -3.28. The molecule has 4 rings (SSSR count). The standard InChI is InChI=1S/C19H15FN4O/c20-14-5-3-6-15(10-14)23-19(25)16-11-22-18(12-21-16)24-9-8-13-4-1-2-7-17(13)24/h1-7,10-12H,8-9H2,(H,23,25). The van der Waals surface area contributed by atoms with E-state index in [0.29, 0.717) is 11.5 Å². The average Bonchev–Trinajstić information content (AvgIpc) is 3.06. The predicted molar refractivity (Wildman–Crippen MR) is 93.5 cm³/mol. The maximum absolute atomic E-state index is 13.2. The summed E-state index contributed by atoms with van der Waals surface area (Å²) in [5.41, 5.74) is 2.95. The molecule has 1 aliphatic heterocycles. The Balaban J connectivity index is 1.52. The Bertz CT molecular complexity index is 927. The van der Waals surface area contributed by atoms with Crippen molar-refractivity contribution in [2.75, 3.05) is 16.8 Å². The van der Waals surface area contributed by atoms with Crippen molar-refractivity contribution in [1.82, 2.24) is 9.97 Å². The number of nitrogens with zero attached hydrogens (tertiary/aromatic N) is 3. The molecule has 0 fully saturated rings. The highest BCUT2D eigenvalue weighted by molar-refractivity contribution is 6.02. The smallest absolute Gasteiger partial charge is 0.275 e. The third-order valence-electron chi connectivity index (χ3n) is 4.12. The number of para-hydroxylation sites is 1. The van der Waals surface area contributed by atoms with Crippen molar-refractivity contribution in [3.63, 3.8) is 0 Å². The molecule has 0 radical (unpaired) electrons. The molecule has 1 N–H and O–H groups in total. The molecule has 0 aliphatic carbocycles. The summed E-state index contributed by atoms with van der Waals surface area (Å²) in [6, 6.07) is 13.9. The van der Waals surface area contributed by atoms with Gasteiger partial charge in [-0.3, -0.25) is 4.79 Å². The highest BCUT2D eigenvalue weighted by Gasteiger charge is 2.21. The maximum Gasteiger partial charge on any atom is 0.275 e. The van der Waals surface area contributed by atoms with Gasteiger partial charge in [-0.2, -0.15) is 0 Å². The van der Waals surface area contributed by atoms with Crippen LogP contribution in [0.25, 0.3) is 0 Å². The van der Waals surface area contributed by atoms with E-state index in [1.165, 1.54) is 30.0 Å². The van der Waals surface area contributed by atoms with Gasteiger partial charge in [-0.25, -0.2) is 14.4 Å². The van der Waals surface area contributed by atoms with Crippen molar-refractivity contribution in [3.05, 3.63) is 78.0 Å². The van der Waals surface area contributed by atoms with Gasteiger partial charge >= 0.3 is 0 Å². The Morgan fingerprint density at radius 3 is 2.76 bits per heavy atom. The highest BCUT2D eigenvalue weighted by atomic mass is 19.1. The van der Waals surface area contributed by atoms with E-state index in [9.17, 15) is 9.18 Å². The van der Waals surface area contributed by atoms with Gasteiger partial charge in [0.2, 0.25) is 0 Å². The fourth-order valence-corrected chi connectivity index (χ4v) is 2.92. The van der Waals surface area contributed by atoms with Crippen LogP contribution in [0, 0.1) is 5.82 Å². The number of nitrogens with one attached hydrogen (secondary N) is 1. The van der Waals surface area contributed by atoms with E-state index >= 15 is 0 Å². The fourth-order valence-electron chi connectivity index (χ4n) is 2.92. The molecule has 25 heavy (non-hydrogen) atoms. The fraction of sp³-hybridized carbons (Fsp3) is 0.105. The van der Waals surface area contributed by atoms with Crippen LogP contribution < -0.4 is 10.2 Å². The van der Waals surface area contributed by atoms with E-state index in [1.807, 2.05) is 12.1 Å². The van der Waals surface area contributed by atoms with E-state index in [2.05, 4.69) is 32.3 Å². The number of benzene rings is 2. The van der Waals surface area contributed by atoms with Crippen LogP contribution in [0.1, 0.15) is 16.1 Å². The number of carbonyl (C=O) groups is 1. The Morgan fingerprint density at radius 1 is 1.08 bits per heavy atom. The first kappa shape index (κ1) is 15.3. The van der Waals surface area contributed by atoms with Crippen LogP contribution in [-0.2, 0) is 6.42 Å². The third kappa shape index (κ3) is 3.06. The number of hydrogen-bond acceptors (Lipinski definition) is 4. The number of hydrogen-bond donors (Lipinski definition) is 1. The van der Waals surface area contributed by atoms with Crippen molar-refractivity contribution in [2.24, 2.45) is 0 Å². The first-order valence-electron chi connectivity index (χ1n) is 7.95. The Labute approximate surface area is 144 Å². The van der Waals surface area contributed by atoms with Gasteiger partial charge in [-0.05, 0) is 36.2 Å². The number of aromatic nitrogens is 2. The molecule has 1 aromatic heterocycles. The summed E-state index contributed by atoms with van der Waals surface area (Å²) in [5, 5.41) is 2.61. The molecular weight excluding hydrogens is 319 g/mol. The van der Waals surface area contributed by atoms with Crippen molar-refractivity contribution >= 4 is 23.1 Å². The number of anilines is 3. The van der Waals surface area contributed by atoms with Crippen molar-refractivity contribution in [1.29, 1.82) is 0 Å².